The maximum Gasteiger partial charge on any atom is 0.257 e. The topological polar surface area (TPSA) is 49.3 Å². The molecule has 0 aromatic heterocycles. The van der Waals surface area contributed by atoms with E-state index in [1.165, 1.54) is 0 Å². The first-order valence-corrected chi connectivity index (χ1v) is 6.62. The van der Waals surface area contributed by atoms with Crippen LogP contribution in [-0.2, 0) is 4.79 Å². The predicted octanol–water partition coefficient (Wildman–Crippen LogP) is 3.10. The summed E-state index contributed by atoms with van der Waals surface area (Å²) in [5, 5.41) is 12.1. The molecule has 1 aliphatic rings. The van der Waals surface area contributed by atoms with Gasteiger partial charge in [-0.15, -0.1) is 0 Å². The van der Waals surface area contributed by atoms with Crippen molar-refractivity contribution in [3.8, 4) is 0 Å². The minimum atomic E-state index is -1.17. The summed E-state index contributed by atoms with van der Waals surface area (Å²) in [4.78, 5) is 12.1. The monoisotopic (exact) mass is 293 g/mol. The molecule has 1 heterocycles. The van der Waals surface area contributed by atoms with Gasteiger partial charge < -0.3 is 10.4 Å². The molecule has 3 rings (SSSR count). The molecule has 102 valence electrons. The van der Waals surface area contributed by atoms with E-state index >= 15 is 0 Å². The van der Waals surface area contributed by atoms with Crippen molar-refractivity contribution in [2.24, 2.45) is 0 Å². The maximum absolute atomic E-state index is 13.6. The van der Waals surface area contributed by atoms with Crippen molar-refractivity contribution < 1.29 is 18.7 Å². The number of hydrogen-bond acceptors (Lipinski definition) is 3. The standard InChI is InChI=1S/C14H9F2NO2S/c15-7-1-4-10(16)12(5-7)20-8-2-3-9-11(6-8)17-14(19)13(9)18/h1-6,13,18H,(H,17,19). The fourth-order valence-electron chi connectivity index (χ4n) is 1.97. The fourth-order valence-corrected chi connectivity index (χ4v) is 2.87. The molecule has 1 amide bonds. The number of anilines is 1. The van der Waals surface area contributed by atoms with Crippen LogP contribution in [0.15, 0.2) is 46.2 Å². The number of nitrogens with one attached hydrogen (secondary N) is 1. The Kier molecular flexibility index (Phi) is 3.19. The molecule has 0 radical (unpaired) electrons. The Hall–Kier alpha value is -1.92. The average molecular weight is 293 g/mol. The van der Waals surface area contributed by atoms with Gasteiger partial charge in [-0.1, -0.05) is 17.8 Å². The molecule has 0 aliphatic carbocycles. The van der Waals surface area contributed by atoms with Crippen molar-refractivity contribution in [2.45, 2.75) is 15.9 Å². The number of aliphatic hydroxyl groups excluding tert-OH is 1. The van der Waals surface area contributed by atoms with Crippen molar-refractivity contribution >= 4 is 23.4 Å². The molecule has 1 unspecified atom stereocenters. The van der Waals surface area contributed by atoms with E-state index in [1.54, 1.807) is 18.2 Å². The van der Waals surface area contributed by atoms with Crippen molar-refractivity contribution in [1.82, 2.24) is 0 Å². The van der Waals surface area contributed by atoms with Gasteiger partial charge in [0.1, 0.15) is 11.6 Å². The minimum absolute atomic E-state index is 0.162. The van der Waals surface area contributed by atoms with Crippen molar-refractivity contribution in [2.75, 3.05) is 5.32 Å². The van der Waals surface area contributed by atoms with E-state index in [0.717, 1.165) is 30.0 Å². The number of rotatable bonds is 2. The Bertz CT molecular complexity index is 706. The Balaban J connectivity index is 1.92. The van der Waals surface area contributed by atoms with Crippen LogP contribution >= 0.6 is 11.8 Å². The first kappa shape index (κ1) is 13.1. The molecule has 1 atom stereocenters. The third kappa shape index (κ3) is 2.28. The van der Waals surface area contributed by atoms with Gasteiger partial charge in [-0.2, -0.15) is 0 Å². The molecule has 0 spiro atoms. The van der Waals surface area contributed by atoms with Gasteiger partial charge in [0.15, 0.2) is 6.10 Å². The smallest absolute Gasteiger partial charge is 0.257 e. The van der Waals surface area contributed by atoms with Crippen LogP contribution in [0.2, 0.25) is 0 Å². The third-order valence-electron chi connectivity index (χ3n) is 2.95. The lowest BCUT2D eigenvalue weighted by Gasteiger charge is -2.06. The highest BCUT2D eigenvalue weighted by Gasteiger charge is 2.28. The van der Waals surface area contributed by atoms with E-state index in [-0.39, 0.29) is 4.90 Å². The van der Waals surface area contributed by atoms with Crippen LogP contribution in [0.5, 0.6) is 0 Å². The highest BCUT2D eigenvalue weighted by Crippen LogP contribution is 2.37. The summed E-state index contributed by atoms with van der Waals surface area (Å²) in [5.74, 6) is -1.51. The maximum atomic E-state index is 13.6. The lowest BCUT2D eigenvalue weighted by Crippen LogP contribution is -2.10. The summed E-state index contributed by atoms with van der Waals surface area (Å²) in [5.41, 5.74) is 0.975. The first-order chi connectivity index (χ1) is 9.54. The molecule has 0 saturated heterocycles. The first-order valence-electron chi connectivity index (χ1n) is 5.80. The van der Waals surface area contributed by atoms with Crippen LogP contribution in [0.1, 0.15) is 11.7 Å². The van der Waals surface area contributed by atoms with Gasteiger partial charge in [0.2, 0.25) is 0 Å². The van der Waals surface area contributed by atoms with Crippen molar-refractivity contribution in [3.05, 3.63) is 53.6 Å². The Morgan fingerprint density at radius 1 is 1.15 bits per heavy atom. The summed E-state index contributed by atoms with van der Waals surface area (Å²) in [6.07, 6.45) is -1.17. The summed E-state index contributed by atoms with van der Waals surface area (Å²) >= 11 is 1.05. The van der Waals surface area contributed by atoms with Gasteiger partial charge in [-0.3, -0.25) is 4.79 Å². The molecule has 2 aromatic carbocycles. The fraction of sp³-hybridized carbons (Fsp3) is 0.0714. The summed E-state index contributed by atoms with van der Waals surface area (Å²) in [6, 6.07) is 8.10. The van der Waals surface area contributed by atoms with Crippen LogP contribution < -0.4 is 5.32 Å². The SMILES string of the molecule is O=C1Nc2cc(Sc3cc(F)ccc3F)ccc2C1O. The lowest BCUT2D eigenvalue weighted by atomic mass is 10.1. The summed E-state index contributed by atoms with van der Waals surface area (Å²) in [7, 11) is 0. The third-order valence-corrected chi connectivity index (χ3v) is 3.97. The zero-order valence-corrected chi connectivity index (χ0v) is 10.9. The Morgan fingerprint density at radius 3 is 2.75 bits per heavy atom. The van der Waals surface area contributed by atoms with Gasteiger partial charge in [0.05, 0.1) is 4.90 Å². The second-order valence-corrected chi connectivity index (χ2v) is 5.43. The van der Waals surface area contributed by atoms with E-state index in [9.17, 15) is 18.7 Å². The molecular formula is C14H9F2NO2S. The van der Waals surface area contributed by atoms with Crippen LogP contribution in [-0.4, -0.2) is 11.0 Å². The van der Waals surface area contributed by atoms with Gasteiger partial charge in [0.25, 0.3) is 5.91 Å². The molecule has 2 N–H and O–H groups in total. The second-order valence-electron chi connectivity index (χ2n) is 4.32. The number of carbonyl (C=O) groups is 1. The molecule has 2 aromatic rings. The average Bonchev–Trinajstić information content (AvgIpc) is 2.69. The van der Waals surface area contributed by atoms with E-state index < -0.39 is 23.6 Å². The highest BCUT2D eigenvalue weighted by atomic mass is 32.2. The largest absolute Gasteiger partial charge is 0.378 e. The quantitative estimate of drug-likeness (QED) is 0.894. The molecule has 3 nitrogen and oxygen atoms in total. The zero-order chi connectivity index (χ0) is 14.3. The number of amides is 1. The van der Waals surface area contributed by atoms with Crippen molar-refractivity contribution in [1.29, 1.82) is 0 Å². The van der Waals surface area contributed by atoms with Crippen LogP contribution in [0.3, 0.4) is 0 Å². The van der Waals surface area contributed by atoms with Gasteiger partial charge in [-0.05, 0) is 30.3 Å². The lowest BCUT2D eigenvalue weighted by molar-refractivity contribution is -0.123. The van der Waals surface area contributed by atoms with Gasteiger partial charge in [-0.25, -0.2) is 8.78 Å². The number of carbonyl (C=O) groups excluding carboxylic acids is 1. The number of fused-ring (bicyclic) bond motifs is 1. The van der Waals surface area contributed by atoms with Gasteiger partial charge >= 0.3 is 0 Å². The number of aliphatic hydroxyl groups is 1. The normalized spacial score (nSPS) is 16.9. The zero-order valence-electron chi connectivity index (χ0n) is 10.1. The molecule has 1 aliphatic heterocycles. The van der Waals surface area contributed by atoms with E-state index in [4.69, 9.17) is 0 Å². The molecule has 0 bridgehead atoms. The number of benzene rings is 2. The number of halogens is 2. The minimum Gasteiger partial charge on any atom is -0.378 e. The van der Waals surface area contributed by atoms with Crippen LogP contribution in [0.25, 0.3) is 0 Å². The molecule has 0 fully saturated rings. The molecular weight excluding hydrogens is 284 g/mol. The highest BCUT2D eigenvalue weighted by molar-refractivity contribution is 7.99. The molecule has 0 saturated carbocycles. The Labute approximate surface area is 117 Å². The van der Waals surface area contributed by atoms with Gasteiger partial charge in [0, 0.05) is 16.1 Å². The molecule has 6 heteroatoms. The summed E-state index contributed by atoms with van der Waals surface area (Å²) in [6.45, 7) is 0. The van der Waals surface area contributed by atoms with E-state index in [0.29, 0.717) is 16.1 Å². The summed E-state index contributed by atoms with van der Waals surface area (Å²) < 4.78 is 26.7. The predicted molar refractivity (Wildman–Crippen MR) is 70.5 cm³/mol. The second kappa shape index (κ2) is 4.88. The molecule has 20 heavy (non-hydrogen) atoms. The van der Waals surface area contributed by atoms with Crippen molar-refractivity contribution in [3.63, 3.8) is 0 Å². The number of hydrogen-bond donors (Lipinski definition) is 2. The van der Waals surface area contributed by atoms with Crippen LogP contribution in [0.4, 0.5) is 14.5 Å². The Morgan fingerprint density at radius 2 is 1.95 bits per heavy atom. The van der Waals surface area contributed by atoms with E-state index in [2.05, 4.69) is 5.32 Å². The van der Waals surface area contributed by atoms with E-state index in [1.807, 2.05) is 0 Å². The van der Waals surface area contributed by atoms with Crippen LogP contribution in [0, 0.1) is 11.6 Å².